The molecule has 1 aromatic heterocycles. The molecule has 1 aliphatic heterocycles. The summed E-state index contributed by atoms with van der Waals surface area (Å²) in [5, 5.41) is 7.19. The lowest BCUT2D eigenvalue weighted by Crippen LogP contribution is -2.43. The normalized spacial score (nSPS) is 20.2. The van der Waals surface area contributed by atoms with Crippen LogP contribution in [0.25, 0.3) is 0 Å². The Bertz CT molecular complexity index is 816. The smallest absolute Gasteiger partial charge is 0.222 e. The van der Waals surface area contributed by atoms with Crippen LogP contribution in [0.1, 0.15) is 35.1 Å². The number of hydrogen-bond acceptors (Lipinski definition) is 6. The molecule has 152 valence electrons. The van der Waals surface area contributed by atoms with Crippen LogP contribution >= 0.6 is 0 Å². The van der Waals surface area contributed by atoms with Gasteiger partial charge in [0.2, 0.25) is 15.9 Å². The summed E-state index contributed by atoms with van der Waals surface area (Å²) in [4.78, 5) is 24.0. The fourth-order valence-corrected chi connectivity index (χ4v) is 4.42. The van der Waals surface area contributed by atoms with E-state index in [1.54, 1.807) is 11.6 Å². The second-order valence-corrected chi connectivity index (χ2v) is 9.34. The molecule has 1 fully saturated rings. The topological polar surface area (TPSA) is 111 Å². The van der Waals surface area contributed by atoms with Crippen molar-refractivity contribution in [2.75, 3.05) is 33.1 Å². The average molecular weight is 401 g/mol. The number of nitrogens with one attached hydrogen (secondary N) is 1. The van der Waals surface area contributed by atoms with E-state index in [0.29, 0.717) is 31.0 Å². The monoisotopic (exact) mass is 400 g/mol. The molecular weight excluding hydrogens is 372 g/mol. The van der Waals surface area contributed by atoms with E-state index >= 15 is 0 Å². The second kappa shape index (κ2) is 8.49. The van der Waals surface area contributed by atoms with Crippen molar-refractivity contribution >= 4 is 21.7 Å². The largest absolute Gasteiger partial charge is 0.379 e. The van der Waals surface area contributed by atoms with Gasteiger partial charge in [0.05, 0.1) is 36.3 Å². The predicted molar refractivity (Wildman–Crippen MR) is 100 cm³/mol. The second-order valence-electron chi connectivity index (χ2n) is 7.11. The number of amides is 1. The maximum atomic E-state index is 12.3. The molecule has 1 N–H and O–H groups in total. The number of ether oxygens (including phenoxy) is 1. The maximum absolute atomic E-state index is 12.3. The van der Waals surface area contributed by atoms with Crippen molar-refractivity contribution < 1.29 is 22.7 Å². The number of carbonyl (C=O) groups is 2. The van der Waals surface area contributed by atoms with Crippen LogP contribution in [0.2, 0.25) is 0 Å². The lowest BCUT2D eigenvalue weighted by Gasteiger charge is -2.21. The van der Waals surface area contributed by atoms with Crippen LogP contribution in [-0.2, 0) is 26.1 Å². The number of aryl methyl sites for hydroxylation is 2. The Kier molecular flexibility index (Phi) is 6.77. The van der Waals surface area contributed by atoms with Crippen LogP contribution in [0.3, 0.4) is 0 Å². The summed E-state index contributed by atoms with van der Waals surface area (Å²) in [6, 6.07) is -0.333. The molecule has 1 aliphatic rings. The molecule has 0 bridgehead atoms. The molecule has 1 saturated heterocycles. The maximum Gasteiger partial charge on any atom is 0.222 e. The van der Waals surface area contributed by atoms with Gasteiger partial charge in [-0.2, -0.15) is 5.10 Å². The Morgan fingerprint density at radius 2 is 1.96 bits per heavy atom. The molecule has 1 amide bonds. The van der Waals surface area contributed by atoms with E-state index in [0.717, 1.165) is 5.69 Å². The minimum atomic E-state index is -3.37. The van der Waals surface area contributed by atoms with Crippen LogP contribution in [0.15, 0.2) is 0 Å². The van der Waals surface area contributed by atoms with Gasteiger partial charge in [0, 0.05) is 38.7 Å². The highest BCUT2D eigenvalue weighted by atomic mass is 32.2. The van der Waals surface area contributed by atoms with Crippen LogP contribution in [0.5, 0.6) is 0 Å². The number of nitrogens with zero attached hydrogens (tertiary/aromatic N) is 3. The molecule has 0 saturated carbocycles. The number of aromatic nitrogens is 2. The molecule has 27 heavy (non-hydrogen) atoms. The average Bonchev–Trinajstić information content (AvgIpc) is 3.08. The van der Waals surface area contributed by atoms with Gasteiger partial charge in [-0.1, -0.05) is 0 Å². The summed E-state index contributed by atoms with van der Waals surface area (Å²) >= 11 is 0. The first-order chi connectivity index (χ1) is 12.5. The molecule has 10 heteroatoms. The van der Waals surface area contributed by atoms with E-state index in [1.165, 1.54) is 25.3 Å². The predicted octanol–water partition coefficient (Wildman–Crippen LogP) is 0.115. The third-order valence-electron chi connectivity index (χ3n) is 4.81. The standard InChI is InChI=1S/C17H28N4O5S/c1-11-17(13(3)22)12(2)21(19-11)7-6-16(23)18-15-9-26-8-14(15)10-27(24,25)20(4)5/h14-15H,6-10H2,1-5H3,(H,18,23). The zero-order chi connectivity index (χ0) is 20.4. The molecular formula is C17H28N4O5S. The molecule has 2 unspecified atom stereocenters. The van der Waals surface area contributed by atoms with Gasteiger partial charge in [-0.25, -0.2) is 12.7 Å². The van der Waals surface area contributed by atoms with Crippen LogP contribution < -0.4 is 5.32 Å². The summed E-state index contributed by atoms with van der Waals surface area (Å²) in [5.41, 5.74) is 1.99. The van der Waals surface area contributed by atoms with Crippen molar-refractivity contribution in [3.05, 3.63) is 17.0 Å². The van der Waals surface area contributed by atoms with E-state index in [9.17, 15) is 18.0 Å². The molecule has 0 radical (unpaired) electrons. The van der Waals surface area contributed by atoms with E-state index < -0.39 is 10.0 Å². The molecule has 9 nitrogen and oxygen atoms in total. The zero-order valence-electron chi connectivity index (χ0n) is 16.5. The van der Waals surface area contributed by atoms with Gasteiger partial charge in [-0.15, -0.1) is 0 Å². The van der Waals surface area contributed by atoms with Gasteiger partial charge in [0.25, 0.3) is 0 Å². The molecule has 2 rings (SSSR count). The van der Waals surface area contributed by atoms with Gasteiger partial charge in [-0.05, 0) is 20.8 Å². The van der Waals surface area contributed by atoms with Crippen molar-refractivity contribution in [2.45, 2.75) is 39.8 Å². The lowest BCUT2D eigenvalue weighted by atomic mass is 10.1. The van der Waals surface area contributed by atoms with Crippen molar-refractivity contribution in [3.63, 3.8) is 0 Å². The number of ketones is 1. The highest BCUT2D eigenvalue weighted by molar-refractivity contribution is 7.89. The summed E-state index contributed by atoms with van der Waals surface area (Å²) in [6.07, 6.45) is 0.183. The van der Waals surface area contributed by atoms with Gasteiger partial charge >= 0.3 is 0 Å². The Labute approximate surface area is 160 Å². The molecule has 2 atom stereocenters. The minimum Gasteiger partial charge on any atom is -0.379 e. The Morgan fingerprint density at radius 3 is 2.52 bits per heavy atom. The highest BCUT2D eigenvalue weighted by Crippen LogP contribution is 2.18. The molecule has 0 aliphatic carbocycles. The third-order valence-corrected chi connectivity index (χ3v) is 6.77. The van der Waals surface area contributed by atoms with Gasteiger partial charge in [0.15, 0.2) is 5.78 Å². The Balaban J connectivity index is 1.94. The van der Waals surface area contributed by atoms with Crippen LogP contribution in [0.4, 0.5) is 0 Å². The fourth-order valence-electron chi connectivity index (χ4n) is 3.25. The quantitative estimate of drug-likeness (QED) is 0.621. The minimum absolute atomic E-state index is 0.0475. The molecule has 0 spiro atoms. The summed E-state index contributed by atoms with van der Waals surface area (Å²) < 4.78 is 32.4. The summed E-state index contributed by atoms with van der Waals surface area (Å²) in [6.45, 7) is 6.02. The lowest BCUT2D eigenvalue weighted by molar-refractivity contribution is -0.122. The first-order valence-corrected chi connectivity index (χ1v) is 10.5. The van der Waals surface area contributed by atoms with Gasteiger partial charge in [-0.3, -0.25) is 14.3 Å². The van der Waals surface area contributed by atoms with Crippen molar-refractivity contribution in [1.82, 2.24) is 19.4 Å². The number of Topliss-reactive ketones (excluding diaryl/α,β-unsaturated/α-hetero) is 1. The number of carbonyl (C=O) groups excluding carboxylic acids is 2. The molecule has 2 heterocycles. The van der Waals surface area contributed by atoms with E-state index in [1.807, 2.05) is 6.92 Å². The molecule has 1 aromatic rings. The van der Waals surface area contributed by atoms with Crippen molar-refractivity contribution in [3.8, 4) is 0 Å². The van der Waals surface area contributed by atoms with E-state index in [2.05, 4.69) is 10.4 Å². The number of sulfonamides is 1. The van der Waals surface area contributed by atoms with E-state index in [4.69, 9.17) is 4.74 Å². The zero-order valence-corrected chi connectivity index (χ0v) is 17.3. The first kappa shape index (κ1) is 21.5. The van der Waals surface area contributed by atoms with Crippen molar-refractivity contribution in [1.29, 1.82) is 0 Å². The Morgan fingerprint density at radius 1 is 1.30 bits per heavy atom. The SMILES string of the molecule is CC(=O)c1c(C)nn(CCC(=O)NC2COCC2CS(=O)(=O)N(C)C)c1C. The fraction of sp³-hybridized carbons (Fsp3) is 0.706. The number of rotatable bonds is 8. The van der Waals surface area contributed by atoms with Crippen molar-refractivity contribution in [2.24, 2.45) is 5.92 Å². The summed E-state index contributed by atoms with van der Waals surface area (Å²) in [5.74, 6) is -0.590. The molecule has 0 aromatic carbocycles. The first-order valence-electron chi connectivity index (χ1n) is 8.85. The highest BCUT2D eigenvalue weighted by Gasteiger charge is 2.34. The van der Waals surface area contributed by atoms with Crippen LogP contribution in [0, 0.1) is 19.8 Å². The summed E-state index contributed by atoms with van der Waals surface area (Å²) in [7, 11) is -0.388. The van der Waals surface area contributed by atoms with E-state index in [-0.39, 0.29) is 35.8 Å². The number of hydrogen-bond donors (Lipinski definition) is 1. The Hall–Kier alpha value is -1.78. The third kappa shape index (κ3) is 5.14. The van der Waals surface area contributed by atoms with Crippen LogP contribution in [-0.4, -0.2) is 73.3 Å². The van der Waals surface area contributed by atoms with Gasteiger partial charge < -0.3 is 10.1 Å². The van der Waals surface area contributed by atoms with Gasteiger partial charge in [0.1, 0.15) is 0 Å².